The van der Waals surface area contributed by atoms with Gasteiger partial charge >= 0.3 is 0 Å². The molecule has 10 nitrogen and oxygen atoms in total. The fourth-order valence-corrected chi connectivity index (χ4v) is 4.56. The second-order valence-electron chi connectivity index (χ2n) is 10.1. The maximum atomic E-state index is 12.6. The summed E-state index contributed by atoms with van der Waals surface area (Å²) >= 11 is 6.27. The summed E-state index contributed by atoms with van der Waals surface area (Å²) in [6.45, 7) is 10.8. The van der Waals surface area contributed by atoms with E-state index < -0.39 is 14.8 Å². The van der Waals surface area contributed by atoms with E-state index in [2.05, 4.69) is 47.2 Å². The molecule has 12 heteroatoms. The second-order valence-corrected chi connectivity index (χ2v) is 12.9. The van der Waals surface area contributed by atoms with Crippen LogP contribution in [-0.4, -0.2) is 66.2 Å². The van der Waals surface area contributed by atoms with Crippen LogP contribution in [-0.2, 0) is 10.0 Å². The first kappa shape index (κ1) is 26.9. The molecule has 3 heterocycles. The lowest BCUT2D eigenvalue weighted by molar-refractivity contribution is 0.313. The maximum absolute atomic E-state index is 12.6. The van der Waals surface area contributed by atoms with E-state index in [0.717, 1.165) is 37.4 Å². The van der Waals surface area contributed by atoms with Crippen LogP contribution < -0.4 is 20.3 Å². The number of aryl methyl sites for hydroxylation is 1. The highest BCUT2D eigenvalue weighted by Crippen LogP contribution is 2.31. The van der Waals surface area contributed by atoms with E-state index in [1.807, 2.05) is 25.3 Å². The van der Waals surface area contributed by atoms with Crippen LogP contribution in [0.15, 0.2) is 42.7 Å². The van der Waals surface area contributed by atoms with E-state index in [9.17, 15) is 8.42 Å². The van der Waals surface area contributed by atoms with Gasteiger partial charge < -0.3 is 20.4 Å². The van der Waals surface area contributed by atoms with Crippen molar-refractivity contribution in [2.24, 2.45) is 0 Å². The van der Waals surface area contributed by atoms with Gasteiger partial charge in [-0.3, -0.25) is 4.72 Å². The number of nitrogens with zero attached hydrogens (tertiary/aromatic N) is 5. The van der Waals surface area contributed by atoms with Crippen molar-refractivity contribution >= 4 is 56.3 Å². The van der Waals surface area contributed by atoms with E-state index >= 15 is 0 Å². The molecule has 0 aliphatic carbocycles. The first-order valence-corrected chi connectivity index (χ1v) is 13.9. The van der Waals surface area contributed by atoms with Crippen molar-refractivity contribution in [3.8, 4) is 0 Å². The number of rotatable bonds is 7. The van der Waals surface area contributed by atoms with Crippen LogP contribution in [0.4, 0.5) is 34.6 Å². The summed E-state index contributed by atoms with van der Waals surface area (Å²) < 4.78 is 26.8. The number of halogens is 1. The summed E-state index contributed by atoms with van der Waals surface area (Å²) in [6, 6.07) is 8.98. The Morgan fingerprint density at radius 2 is 1.70 bits per heavy atom. The molecule has 0 atom stereocenters. The summed E-state index contributed by atoms with van der Waals surface area (Å²) in [7, 11) is -1.50. The number of hydrogen-bond acceptors (Lipinski definition) is 9. The first-order valence-electron chi connectivity index (χ1n) is 12.0. The fourth-order valence-electron chi connectivity index (χ4n) is 3.57. The zero-order valence-electron chi connectivity index (χ0n) is 21.7. The van der Waals surface area contributed by atoms with Gasteiger partial charge in [0, 0.05) is 43.6 Å². The van der Waals surface area contributed by atoms with E-state index in [1.54, 1.807) is 45.2 Å². The highest BCUT2D eigenvalue weighted by atomic mass is 35.5. The molecule has 1 aliphatic heterocycles. The Balaban J connectivity index is 1.48. The Kier molecular flexibility index (Phi) is 7.77. The van der Waals surface area contributed by atoms with Gasteiger partial charge in [-0.25, -0.2) is 18.4 Å². The molecule has 1 fully saturated rings. The van der Waals surface area contributed by atoms with Gasteiger partial charge in [0.15, 0.2) is 0 Å². The smallest absolute Gasteiger partial charge is 0.237 e. The molecular weight excluding hydrogens is 512 g/mol. The normalized spacial score (nSPS) is 14.9. The third kappa shape index (κ3) is 6.60. The van der Waals surface area contributed by atoms with Crippen LogP contribution in [0.3, 0.4) is 0 Å². The highest BCUT2D eigenvalue weighted by Gasteiger charge is 2.29. The summed E-state index contributed by atoms with van der Waals surface area (Å²) in [5.41, 5.74) is 2.82. The molecule has 4 rings (SSSR count). The SMILES string of the molecule is Cc1cnc(Nc2ccc(N3CCN(C)CC3)cn2)nc1Nc1ccc(Cl)c(NS(=O)(=O)C(C)(C)C)c1. The van der Waals surface area contributed by atoms with Crippen molar-refractivity contribution in [1.82, 2.24) is 19.9 Å². The number of hydrogen-bond donors (Lipinski definition) is 3. The molecule has 0 spiro atoms. The Hall–Kier alpha value is -3.15. The van der Waals surface area contributed by atoms with Gasteiger partial charge in [-0.1, -0.05) is 11.6 Å². The van der Waals surface area contributed by atoms with Crippen molar-refractivity contribution in [1.29, 1.82) is 0 Å². The van der Waals surface area contributed by atoms with E-state index in [0.29, 0.717) is 28.3 Å². The summed E-state index contributed by atoms with van der Waals surface area (Å²) in [4.78, 5) is 18.1. The number of nitrogens with one attached hydrogen (secondary N) is 3. The molecular formula is C25H33ClN8O2S. The zero-order chi connectivity index (χ0) is 26.8. The minimum absolute atomic E-state index is 0.288. The third-order valence-corrected chi connectivity index (χ3v) is 8.54. The lowest BCUT2D eigenvalue weighted by Gasteiger charge is -2.33. The fraction of sp³-hybridized carbons (Fsp3) is 0.400. The van der Waals surface area contributed by atoms with Crippen LogP contribution >= 0.6 is 11.6 Å². The summed E-state index contributed by atoms with van der Waals surface area (Å²) in [6.07, 6.45) is 3.56. The summed E-state index contributed by atoms with van der Waals surface area (Å²) in [5, 5.41) is 6.68. The average Bonchev–Trinajstić information content (AvgIpc) is 2.83. The van der Waals surface area contributed by atoms with Crippen LogP contribution in [0.1, 0.15) is 26.3 Å². The largest absolute Gasteiger partial charge is 0.368 e. The lowest BCUT2D eigenvalue weighted by Crippen LogP contribution is -2.44. The molecule has 3 aromatic rings. The standard InChI is InChI=1S/C25H33ClN8O2S/c1-17-15-28-24(30-22-9-7-19(16-27-22)34-12-10-33(5)11-13-34)31-23(17)29-18-6-8-20(26)21(14-18)32-37(35,36)25(2,3)4/h6-9,14-16,32H,10-13H2,1-5H3,(H2,27,28,29,30,31). The molecule has 198 valence electrons. The number of aromatic nitrogens is 3. The predicted molar refractivity (Wildman–Crippen MR) is 151 cm³/mol. The number of sulfonamides is 1. The summed E-state index contributed by atoms with van der Waals surface area (Å²) in [5.74, 6) is 1.59. The van der Waals surface area contributed by atoms with Gasteiger partial charge in [-0.05, 0) is 65.1 Å². The Morgan fingerprint density at radius 1 is 0.973 bits per heavy atom. The van der Waals surface area contributed by atoms with Crippen molar-refractivity contribution in [3.05, 3.63) is 53.3 Å². The van der Waals surface area contributed by atoms with Crippen LogP contribution in [0.2, 0.25) is 5.02 Å². The quantitative estimate of drug-likeness (QED) is 0.392. The highest BCUT2D eigenvalue weighted by molar-refractivity contribution is 7.94. The topological polar surface area (TPSA) is 115 Å². The van der Waals surface area contributed by atoms with Gasteiger partial charge in [-0.2, -0.15) is 4.98 Å². The monoisotopic (exact) mass is 544 g/mol. The van der Waals surface area contributed by atoms with Crippen LogP contribution in [0.25, 0.3) is 0 Å². The zero-order valence-corrected chi connectivity index (χ0v) is 23.3. The number of piperazine rings is 1. The molecule has 0 saturated carbocycles. The Bertz CT molecular complexity index is 1350. The molecule has 0 amide bonds. The Morgan fingerprint density at radius 3 is 2.35 bits per heavy atom. The molecule has 1 aliphatic rings. The number of likely N-dealkylation sites (N-methyl/N-ethyl adjacent to an activating group) is 1. The lowest BCUT2D eigenvalue weighted by atomic mass is 10.2. The molecule has 0 unspecified atom stereocenters. The maximum Gasteiger partial charge on any atom is 0.237 e. The molecule has 0 bridgehead atoms. The molecule has 2 aromatic heterocycles. The van der Waals surface area contributed by atoms with Gasteiger partial charge in [0.2, 0.25) is 16.0 Å². The minimum atomic E-state index is -3.64. The van der Waals surface area contributed by atoms with Crippen molar-refractivity contribution in [3.63, 3.8) is 0 Å². The van der Waals surface area contributed by atoms with Crippen LogP contribution in [0, 0.1) is 6.92 Å². The van der Waals surface area contributed by atoms with Crippen molar-refractivity contribution in [2.45, 2.75) is 32.4 Å². The number of anilines is 6. The molecule has 37 heavy (non-hydrogen) atoms. The molecule has 0 radical (unpaired) electrons. The molecule has 1 saturated heterocycles. The average molecular weight is 545 g/mol. The minimum Gasteiger partial charge on any atom is -0.368 e. The van der Waals surface area contributed by atoms with E-state index in [1.165, 1.54) is 0 Å². The number of benzene rings is 1. The predicted octanol–water partition coefficient (Wildman–Crippen LogP) is 4.61. The van der Waals surface area contributed by atoms with Gasteiger partial charge in [-0.15, -0.1) is 0 Å². The first-order chi connectivity index (χ1) is 17.4. The van der Waals surface area contributed by atoms with Gasteiger partial charge in [0.25, 0.3) is 0 Å². The van der Waals surface area contributed by atoms with E-state index in [4.69, 9.17) is 11.6 Å². The van der Waals surface area contributed by atoms with E-state index in [-0.39, 0.29) is 5.69 Å². The number of pyridine rings is 1. The third-order valence-electron chi connectivity index (χ3n) is 6.11. The Labute approximate surface area is 223 Å². The van der Waals surface area contributed by atoms with Crippen LogP contribution in [0.5, 0.6) is 0 Å². The molecule has 1 aromatic carbocycles. The van der Waals surface area contributed by atoms with Gasteiger partial charge in [0.05, 0.1) is 27.3 Å². The second kappa shape index (κ2) is 10.7. The molecule has 3 N–H and O–H groups in total. The van der Waals surface area contributed by atoms with Crippen molar-refractivity contribution < 1.29 is 8.42 Å². The van der Waals surface area contributed by atoms with Gasteiger partial charge in [0.1, 0.15) is 11.6 Å². The van der Waals surface area contributed by atoms with Crippen molar-refractivity contribution in [2.75, 3.05) is 53.5 Å².